The van der Waals surface area contributed by atoms with E-state index < -0.39 is 0 Å². The van der Waals surface area contributed by atoms with Gasteiger partial charge in [-0.1, -0.05) is 31.2 Å². The molecular formula is C10H16O2. The monoisotopic (exact) mass is 168 g/mol. The van der Waals surface area contributed by atoms with Crippen molar-refractivity contribution < 1.29 is 9.53 Å². The number of rotatable bonds is 4. The zero-order valence-electron chi connectivity index (χ0n) is 7.96. The molecular weight excluding hydrogens is 152 g/mol. The number of hydrogen-bond donors (Lipinski definition) is 0. The third-order valence-corrected chi connectivity index (χ3v) is 1.50. The Hall–Kier alpha value is -1.05. The van der Waals surface area contributed by atoms with E-state index in [1.165, 1.54) is 7.11 Å². The molecule has 0 aliphatic heterocycles. The highest BCUT2D eigenvalue weighted by Gasteiger charge is 2.09. The number of carbonyl (C=O) groups excluding carboxylic acids is 1. The third kappa shape index (κ3) is 4.72. The molecule has 0 aliphatic carbocycles. The lowest BCUT2D eigenvalue weighted by Crippen LogP contribution is -2.11. The van der Waals surface area contributed by atoms with Crippen LogP contribution < -0.4 is 0 Å². The minimum Gasteiger partial charge on any atom is -0.469 e. The van der Waals surface area contributed by atoms with Crippen molar-refractivity contribution in [2.45, 2.75) is 20.3 Å². The Morgan fingerprint density at radius 2 is 2.25 bits per heavy atom. The maximum absolute atomic E-state index is 10.9. The summed E-state index contributed by atoms with van der Waals surface area (Å²) in [5, 5.41) is 0. The average molecular weight is 168 g/mol. The molecule has 0 unspecified atom stereocenters. The van der Waals surface area contributed by atoms with Gasteiger partial charge in [-0.2, -0.15) is 0 Å². The zero-order chi connectivity index (χ0) is 9.56. The van der Waals surface area contributed by atoms with Gasteiger partial charge in [-0.25, -0.2) is 0 Å². The first kappa shape index (κ1) is 11.0. The van der Waals surface area contributed by atoms with Crippen LogP contribution in [0.25, 0.3) is 0 Å². The summed E-state index contributed by atoms with van der Waals surface area (Å²) in [6.07, 6.45) is 4.54. The normalized spacial score (nSPS) is 12.9. The predicted octanol–water partition coefficient (Wildman–Crippen LogP) is 2.32. The Balaban J connectivity index is 3.78. The maximum atomic E-state index is 10.9. The molecule has 0 spiro atoms. The second kappa shape index (κ2) is 5.58. The highest BCUT2D eigenvalue weighted by Crippen LogP contribution is 2.05. The molecule has 2 heteroatoms. The van der Waals surface area contributed by atoms with Crippen LogP contribution in [0, 0.1) is 5.92 Å². The van der Waals surface area contributed by atoms with E-state index in [4.69, 9.17) is 0 Å². The number of allylic oxidation sites excluding steroid dienone is 3. The molecule has 0 bridgehead atoms. The quantitative estimate of drug-likeness (QED) is 0.475. The summed E-state index contributed by atoms with van der Waals surface area (Å²) < 4.78 is 4.57. The summed E-state index contributed by atoms with van der Waals surface area (Å²) in [5.74, 6) is -0.230. The van der Waals surface area contributed by atoms with E-state index in [9.17, 15) is 4.79 Å². The van der Waals surface area contributed by atoms with Crippen LogP contribution in [-0.2, 0) is 9.53 Å². The second-order valence-corrected chi connectivity index (χ2v) is 2.91. The molecule has 0 fully saturated rings. The lowest BCUT2D eigenvalue weighted by molar-refractivity contribution is -0.144. The van der Waals surface area contributed by atoms with Crippen LogP contribution in [0.2, 0.25) is 0 Å². The first-order chi connectivity index (χ1) is 5.57. The van der Waals surface area contributed by atoms with Crippen LogP contribution in [0.1, 0.15) is 20.3 Å². The summed E-state index contributed by atoms with van der Waals surface area (Å²) >= 11 is 0. The predicted molar refractivity (Wildman–Crippen MR) is 49.8 cm³/mol. The van der Waals surface area contributed by atoms with Crippen molar-refractivity contribution in [2.24, 2.45) is 5.92 Å². The first-order valence-corrected chi connectivity index (χ1v) is 3.97. The van der Waals surface area contributed by atoms with Crippen molar-refractivity contribution in [3.63, 3.8) is 0 Å². The molecule has 0 aromatic carbocycles. The molecule has 2 nitrogen and oxygen atoms in total. The van der Waals surface area contributed by atoms with Gasteiger partial charge in [-0.3, -0.25) is 4.79 Å². The van der Waals surface area contributed by atoms with Crippen molar-refractivity contribution in [3.05, 3.63) is 24.3 Å². The molecule has 1 atom stereocenters. The van der Waals surface area contributed by atoms with E-state index in [0.29, 0.717) is 6.42 Å². The Morgan fingerprint density at radius 1 is 1.67 bits per heavy atom. The van der Waals surface area contributed by atoms with Crippen LogP contribution >= 0.6 is 0 Å². The van der Waals surface area contributed by atoms with Crippen LogP contribution in [0.4, 0.5) is 0 Å². The number of hydrogen-bond acceptors (Lipinski definition) is 2. The molecule has 0 N–H and O–H groups in total. The minimum absolute atomic E-state index is 0.0643. The molecule has 12 heavy (non-hydrogen) atoms. The summed E-state index contributed by atoms with van der Waals surface area (Å²) in [4.78, 5) is 10.9. The van der Waals surface area contributed by atoms with Crippen molar-refractivity contribution in [2.75, 3.05) is 7.11 Å². The van der Waals surface area contributed by atoms with Crippen molar-refractivity contribution in [1.82, 2.24) is 0 Å². The molecule has 0 aromatic rings. The second-order valence-electron chi connectivity index (χ2n) is 2.91. The van der Waals surface area contributed by atoms with Gasteiger partial charge >= 0.3 is 5.97 Å². The van der Waals surface area contributed by atoms with Gasteiger partial charge in [0.25, 0.3) is 0 Å². The Morgan fingerprint density at radius 3 is 2.67 bits per heavy atom. The molecule has 0 saturated heterocycles. The highest BCUT2D eigenvalue weighted by molar-refractivity contribution is 5.71. The molecule has 0 aliphatic rings. The highest BCUT2D eigenvalue weighted by atomic mass is 16.5. The summed E-state index contributed by atoms with van der Waals surface area (Å²) in [6, 6.07) is 0. The molecule has 0 radical (unpaired) electrons. The fraction of sp³-hybridized carbons (Fsp3) is 0.500. The van der Waals surface area contributed by atoms with Gasteiger partial charge in [0.15, 0.2) is 0 Å². The lowest BCUT2D eigenvalue weighted by atomic mass is 10.1. The van der Waals surface area contributed by atoms with Crippen molar-refractivity contribution >= 4 is 5.97 Å². The van der Waals surface area contributed by atoms with Crippen molar-refractivity contribution in [1.29, 1.82) is 0 Å². The summed E-state index contributed by atoms with van der Waals surface area (Å²) in [5.41, 5.74) is 0.993. The Labute approximate surface area is 73.9 Å². The minimum atomic E-state index is -0.165. The topological polar surface area (TPSA) is 26.3 Å². The average Bonchev–Trinajstić information content (AvgIpc) is 2.02. The van der Waals surface area contributed by atoms with Gasteiger partial charge in [0.2, 0.25) is 0 Å². The first-order valence-electron chi connectivity index (χ1n) is 3.97. The van der Waals surface area contributed by atoms with Crippen LogP contribution in [0.15, 0.2) is 24.3 Å². The largest absolute Gasteiger partial charge is 0.469 e. The van der Waals surface area contributed by atoms with Gasteiger partial charge in [-0.15, -0.1) is 0 Å². The number of methoxy groups -OCH3 is 1. The standard InChI is InChI=1S/C10H16O2/c1-8(2)6-5-7-9(3)10(11)12-4/h5-6,9H,1,7H2,2-4H3/b6-5+/t9-/m0/s1. The van der Waals surface area contributed by atoms with E-state index in [1.54, 1.807) is 0 Å². The molecule has 0 aromatic heterocycles. The maximum Gasteiger partial charge on any atom is 0.308 e. The smallest absolute Gasteiger partial charge is 0.308 e. The van der Waals surface area contributed by atoms with Gasteiger partial charge in [-0.05, 0) is 13.3 Å². The molecule has 0 heterocycles. The molecule has 0 amide bonds. The van der Waals surface area contributed by atoms with E-state index in [-0.39, 0.29) is 11.9 Å². The Kier molecular flexibility index (Phi) is 5.09. The third-order valence-electron chi connectivity index (χ3n) is 1.50. The molecule has 0 saturated carbocycles. The number of esters is 1. The molecule has 68 valence electrons. The van der Waals surface area contributed by atoms with E-state index in [2.05, 4.69) is 11.3 Å². The summed E-state index contributed by atoms with van der Waals surface area (Å²) in [7, 11) is 1.40. The summed E-state index contributed by atoms with van der Waals surface area (Å²) in [6.45, 7) is 7.47. The van der Waals surface area contributed by atoms with E-state index >= 15 is 0 Å². The number of ether oxygens (including phenoxy) is 1. The van der Waals surface area contributed by atoms with E-state index in [1.807, 2.05) is 26.0 Å². The van der Waals surface area contributed by atoms with Gasteiger partial charge in [0.05, 0.1) is 13.0 Å². The Bertz CT molecular complexity index is 192. The van der Waals surface area contributed by atoms with Gasteiger partial charge < -0.3 is 4.74 Å². The lowest BCUT2D eigenvalue weighted by Gasteiger charge is -2.04. The van der Waals surface area contributed by atoms with E-state index in [0.717, 1.165) is 5.57 Å². The van der Waals surface area contributed by atoms with Crippen LogP contribution in [0.3, 0.4) is 0 Å². The van der Waals surface area contributed by atoms with Crippen LogP contribution in [0.5, 0.6) is 0 Å². The fourth-order valence-electron chi connectivity index (χ4n) is 0.771. The zero-order valence-corrected chi connectivity index (χ0v) is 7.96. The fourth-order valence-corrected chi connectivity index (χ4v) is 0.771. The van der Waals surface area contributed by atoms with Crippen LogP contribution in [-0.4, -0.2) is 13.1 Å². The van der Waals surface area contributed by atoms with Crippen molar-refractivity contribution in [3.8, 4) is 0 Å². The number of carbonyl (C=O) groups is 1. The van der Waals surface area contributed by atoms with Gasteiger partial charge in [0.1, 0.15) is 0 Å². The SMILES string of the molecule is C=C(C)/C=C/C[C@H](C)C(=O)OC. The van der Waals surface area contributed by atoms with Gasteiger partial charge in [0, 0.05) is 0 Å². The molecule has 0 rings (SSSR count).